The second kappa shape index (κ2) is 4.77. The second-order valence-electron chi connectivity index (χ2n) is 4.04. The first kappa shape index (κ1) is 10.7. The maximum absolute atomic E-state index is 9.88. The highest BCUT2D eigenvalue weighted by molar-refractivity contribution is 4.99. The van der Waals surface area contributed by atoms with Gasteiger partial charge in [-0.15, -0.1) is 6.58 Å². The van der Waals surface area contributed by atoms with Gasteiger partial charge in [0.25, 0.3) is 0 Å². The highest BCUT2D eigenvalue weighted by Gasteiger charge is 2.29. The van der Waals surface area contributed by atoms with E-state index in [0.717, 1.165) is 32.2 Å². The molecule has 0 heterocycles. The van der Waals surface area contributed by atoms with Crippen molar-refractivity contribution in [3.8, 4) is 0 Å². The Kier molecular flexibility index (Phi) is 3.94. The maximum atomic E-state index is 9.88. The van der Waals surface area contributed by atoms with Crippen molar-refractivity contribution in [2.45, 2.75) is 50.7 Å². The Labute approximate surface area is 81.0 Å². The van der Waals surface area contributed by atoms with Crippen molar-refractivity contribution in [2.75, 3.05) is 6.54 Å². The number of nitrogens with one attached hydrogen (secondary N) is 1. The number of hydrogen-bond donors (Lipinski definition) is 2. The van der Waals surface area contributed by atoms with E-state index in [1.807, 2.05) is 0 Å². The predicted molar refractivity (Wildman–Crippen MR) is 55.7 cm³/mol. The SMILES string of the molecule is C=CC1(O)CCC(NCCC)CC1. The van der Waals surface area contributed by atoms with E-state index in [1.165, 1.54) is 6.42 Å². The van der Waals surface area contributed by atoms with Crippen LogP contribution in [0.15, 0.2) is 12.7 Å². The standard InChI is InChI=1S/C11H21NO/c1-3-9-12-10-5-7-11(13,4-2)8-6-10/h4,10,12-13H,2-3,5-9H2,1H3. The molecule has 1 fully saturated rings. The number of aliphatic hydroxyl groups is 1. The van der Waals surface area contributed by atoms with Gasteiger partial charge in [0.1, 0.15) is 0 Å². The number of rotatable bonds is 4. The van der Waals surface area contributed by atoms with E-state index >= 15 is 0 Å². The lowest BCUT2D eigenvalue weighted by atomic mass is 9.82. The molecule has 2 heteroatoms. The summed E-state index contributed by atoms with van der Waals surface area (Å²) in [4.78, 5) is 0. The van der Waals surface area contributed by atoms with Gasteiger partial charge in [0.2, 0.25) is 0 Å². The van der Waals surface area contributed by atoms with Crippen molar-refractivity contribution in [1.82, 2.24) is 5.32 Å². The zero-order chi connectivity index (χ0) is 9.73. The van der Waals surface area contributed by atoms with Crippen LogP contribution in [0.4, 0.5) is 0 Å². The van der Waals surface area contributed by atoms with Gasteiger partial charge in [0.05, 0.1) is 5.60 Å². The minimum atomic E-state index is -0.579. The average molecular weight is 183 g/mol. The van der Waals surface area contributed by atoms with Gasteiger partial charge in [0.15, 0.2) is 0 Å². The first-order valence-corrected chi connectivity index (χ1v) is 5.29. The summed E-state index contributed by atoms with van der Waals surface area (Å²) in [5, 5.41) is 13.4. The van der Waals surface area contributed by atoms with E-state index in [9.17, 15) is 5.11 Å². The summed E-state index contributed by atoms with van der Waals surface area (Å²) in [6.07, 6.45) is 6.74. The van der Waals surface area contributed by atoms with Crippen molar-refractivity contribution in [3.05, 3.63) is 12.7 Å². The van der Waals surface area contributed by atoms with Crippen LogP contribution >= 0.6 is 0 Å². The Morgan fingerprint density at radius 3 is 2.62 bits per heavy atom. The van der Waals surface area contributed by atoms with Gasteiger partial charge in [-0.3, -0.25) is 0 Å². The third kappa shape index (κ3) is 3.12. The van der Waals surface area contributed by atoms with Crippen molar-refractivity contribution in [2.24, 2.45) is 0 Å². The van der Waals surface area contributed by atoms with Gasteiger partial charge >= 0.3 is 0 Å². The van der Waals surface area contributed by atoms with Crippen LogP contribution in [-0.4, -0.2) is 23.3 Å². The Morgan fingerprint density at radius 2 is 2.15 bits per heavy atom. The Bertz CT molecular complexity index is 159. The molecular formula is C11H21NO. The third-order valence-electron chi connectivity index (χ3n) is 2.91. The Balaban J connectivity index is 2.26. The normalized spacial score (nSPS) is 34.5. The molecule has 2 nitrogen and oxygen atoms in total. The fourth-order valence-corrected chi connectivity index (χ4v) is 1.87. The zero-order valence-corrected chi connectivity index (χ0v) is 8.55. The minimum absolute atomic E-state index is 0.579. The first-order valence-electron chi connectivity index (χ1n) is 5.29. The van der Waals surface area contributed by atoms with Crippen molar-refractivity contribution >= 4 is 0 Å². The van der Waals surface area contributed by atoms with E-state index in [1.54, 1.807) is 6.08 Å². The van der Waals surface area contributed by atoms with Crippen molar-refractivity contribution in [1.29, 1.82) is 0 Å². The summed E-state index contributed by atoms with van der Waals surface area (Å²) in [5.74, 6) is 0. The lowest BCUT2D eigenvalue weighted by molar-refractivity contribution is 0.0422. The molecule has 0 unspecified atom stereocenters. The Hall–Kier alpha value is -0.340. The summed E-state index contributed by atoms with van der Waals surface area (Å²) < 4.78 is 0. The summed E-state index contributed by atoms with van der Waals surface area (Å²) >= 11 is 0. The van der Waals surface area contributed by atoms with Gasteiger partial charge < -0.3 is 10.4 Å². The molecule has 13 heavy (non-hydrogen) atoms. The summed E-state index contributed by atoms with van der Waals surface area (Å²) in [6, 6.07) is 0.611. The van der Waals surface area contributed by atoms with E-state index in [4.69, 9.17) is 0 Å². The molecule has 1 aliphatic rings. The van der Waals surface area contributed by atoms with Crippen LogP contribution in [0.5, 0.6) is 0 Å². The molecule has 0 amide bonds. The minimum Gasteiger partial charge on any atom is -0.386 e. The van der Waals surface area contributed by atoms with Gasteiger partial charge in [-0.2, -0.15) is 0 Å². The average Bonchev–Trinajstić information content (AvgIpc) is 2.17. The van der Waals surface area contributed by atoms with E-state index in [2.05, 4.69) is 18.8 Å². The molecule has 0 spiro atoms. The smallest absolute Gasteiger partial charge is 0.0826 e. The largest absolute Gasteiger partial charge is 0.386 e. The summed E-state index contributed by atoms with van der Waals surface area (Å²) in [7, 11) is 0. The molecule has 0 bridgehead atoms. The van der Waals surface area contributed by atoms with Crippen LogP contribution in [0.25, 0.3) is 0 Å². The highest BCUT2D eigenvalue weighted by atomic mass is 16.3. The van der Waals surface area contributed by atoms with Crippen LogP contribution in [-0.2, 0) is 0 Å². The molecule has 0 radical (unpaired) electrons. The molecule has 0 saturated heterocycles. The predicted octanol–water partition coefficient (Wildman–Crippen LogP) is 1.85. The topological polar surface area (TPSA) is 32.3 Å². The monoisotopic (exact) mass is 183 g/mol. The Morgan fingerprint density at radius 1 is 1.54 bits per heavy atom. The fourth-order valence-electron chi connectivity index (χ4n) is 1.87. The van der Waals surface area contributed by atoms with Gasteiger partial charge in [-0.05, 0) is 38.6 Å². The van der Waals surface area contributed by atoms with Gasteiger partial charge in [-0.25, -0.2) is 0 Å². The van der Waals surface area contributed by atoms with Gasteiger partial charge in [0, 0.05) is 6.04 Å². The van der Waals surface area contributed by atoms with Crippen molar-refractivity contribution in [3.63, 3.8) is 0 Å². The molecule has 0 aromatic carbocycles. The van der Waals surface area contributed by atoms with E-state index < -0.39 is 5.60 Å². The maximum Gasteiger partial charge on any atom is 0.0826 e. The molecule has 0 aromatic heterocycles. The molecule has 76 valence electrons. The van der Waals surface area contributed by atoms with Crippen LogP contribution in [0.3, 0.4) is 0 Å². The molecule has 0 aromatic rings. The van der Waals surface area contributed by atoms with E-state index in [-0.39, 0.29) is 0 Å². The molecule has 2 N–H and O–H groups in total. The summed E-state index contributed by atoms with van der Waals surface area (Å²) in [6.45, 7) is 6.94. The molecule has 1 saturated carbocycles. The molecule has 0 aliphatic heterocycles. The lowest BCUT2D eigenvalue weighted by Crippen LogP contribution is -2.40. The van der Waals surface area contributed by atoms with Crippen LogP contribution in [0.1, 0.15) is 39.0 Å². The molecule has 1 rings (SSSR count). The van der Waals surface area contributed by atoms with Crippen LogP contribution < -0.4 is 5.32 Å². The first-order chi connectivity index (χ1) is 6.20. The van der Waals surface area contributed by atoms with Crippen LogP contribution in [0, 0.1) is 0 Å². The highest BCUT2D eigenvalue weighted by Crippen LogP contribution is 2.28. The van der Waals surface area contributed by atoms with Crippen molar-refractivity contribution < 1.29 is 5.11 Å². The quantitative estimate of drug-likeness (QED) is 0.652. The summed E-state index contributed by atoms with van der Waals surface area (Å²) in [5.41, 5.74) is -0.579. The van der Waals surface area contributed by atoms with Crippen LogP contribution in [0.2, 0.25) is 0 Å². The second-order valence-corrected chi connectivity index (χ2v) is 4.04. The van der Waals surface area contributed by atoms with Gasteiger partial charge in [-0.1, -0.05) is 13.0 Å². The molecular weight excluding hydrogens is 162 g/mol. The molecule has 1 aliphatic carbocycles. The molecule has 0 atom stereocenters. The lowest BCUT2D eigenvalue weighted by Gasteiger charge is -2.34. The number of hydrogen-bond acceptors (Lipinski definition) is 2. The third-order valence-corrected chi connectivity index (χ3v) is 2.91. The van der Waals surface area contributed by atoms with E-state index in [0.29, 0.717) is 6.04 Å². The zero-order valence-electron chi connectivity index (χ0n) is 8.55. The fraction of sp³-hybridized carbons (Fsp3) is 0.818.